The van der Waals surface area contributed by atoms with E-state index < -0.39 is 5.97 Å². The summed E-state index contributed by atoms with van der Waals surface area (Å²) >= 11 is 0. The number of nitrogens with two attached hydrogens (primary N) is 1. The van der Waals surface area contributed by atoms with Crippen molar-refractivity contribution in [1.82, 2.24) is 25.3 Å². The molecule has 3 heterocycles. The summed E-state index contributed by atoms with van der Waals surface area (Å²) in [5.41, 5.74) is 7.44. The zero-order chi connectivity index (χ0) is 19.9. The van der Waals surface area contributed by atoms with Gasteiger partial charge >= 0.3 is 5.97 Å². The number of ether oxygens (including phenoxy) is 1. The summed E-state index contributed by atoms with van der Waals surface area (Å²) in [6, 6.07) is 5.68. The zero-order valence-corrected chi connectivity index (χ0v) is 16.1. The molecule has 0 aromatic carbocycles. The molecule has 0 saturated carbocycles. The topological polar surface area (TPSA) is 110 Å². The molecule has 0 unspecified atom stereocenters. The van der Waals surface area contributed by atoms with Crippen LogP contribution in [0.15, 0.2) is 36.7 Å². The lowest BCUT2D eigenvalue weighted by Crippen LogP contribution is -2.51. The predicted molar refractivity (Wildman–Crippen MR) is 108 cm³/mol. The summed E-state index contributed by atoms with van der Waals surface area (Å²) in [7, 11) is 0. The van der Waals surface area contributed by atoms with Crippen molar-refractivity contribution in [2.24, 2.45) is 0 Å². The number of anilines is 3. The number of piperazine rings is 1. The Balaban J connectivity index is 1.93. The number of nitrogens with zero attached hydrogens (tertiary/aromatic N) is 5. The Labute approximate surface area is 164 Å². The molecule has 0 radical (unpaired) electrons. The first kappa shape index (κ1) is 19.7. The Morgan fingerprint density at radius 3 is 2.79 bits per heavy atom. The number of hydrazine groups is 1. The Hall–Kier alpha value is -3.04. The number of hydrogen-bond donors (Lipinski definition) is 2. The fraction of sp³-hybridized carbons (Fsp3) is 0.368. The minimum Gasteiger partial charge on any atom is -0.463 e. The van der Waals surface area contributed by atoms with Crippen molar-refractivity contribution in [3.8, 4) is 0 Å². The molecule has 0 atom stereocenters. The lowest BCUT2D eigenvalue weighted by Gasteiger charge is -2.36. The molecule has 148 valence electrons. The number of esters is 1. The minimum absolute atomic E-state index is 0.291. The van der Waals surface area contributed by atoms with Gasteiger partial charge < -0.3 is 15.8 Å². The lowest BCUT2D eigenvalue weighted by molar-refractivity contribution is -0.137. The highest BCUT2D eigenvalue weighted by Crippen LogP contribution is 2.26. The van der Waals surface area contributed by atoms with Crippen LogP contribution in [0.4, 0.5) is 17.6 Å². The summed E-state index contributed by atoms with van der Waals surface area (Å²) in [6.45, 7) is 7.16. The van der Waals surface area contributed by atoms with Crippen LogP contribution < -0.4 is 16.1 Å². The van der Waals surface area contributed by atoms with E-state index in [2.05, 4.69) is 25.3 Å². The second-order valence-electron chi connectivity index (χ2n) is 6.25. The van der Waals surface area contributed by atoms with Gasteiger partial charge in [0, 0.05) is 50.2 Å². The molecule has 9 nitrogen and oxygen atoms in total. The number of carbonyl (C=O) groups is 1. The van der Waals surface area contributed by atoms with Crippen LogP contribution in [0.5, 0.6) is 0 Å². The van der Waals surface area contributed by atoms with E-state index in [0.29, 0.717) is 29.5 Å². The highest BCUT2D eigenvalue weighted by molar-refractivity contribution is 5.92. The Kier molecular flexibility index (Phi) is 6.51. The molecule has 9 heteroatoms. The van der Waals surface area contributed by atoms with E-state index >= 15 is 0 Å². The van der Waals surface area contributed by atoms with Crippen molar-refractivity contribution in [2.45, 2.75) is 13.8 Å². The van der Waals surface area contributed by atoms with Crippen molar-refractivity contribution in [1.29, 1.82) is 0 Å². The van der Waals surface area contributed by atoms with Gasteiger partial charge in [-0.3, -0.25) is 0 Å². The van der Waals surface area contributed by atoms with E-state index in [9.17, 15) is 4.79 Å². The van der Waals surface area contributed by atoms with Gasteiger partial charge in [0.1, 0.15) is 11.6 Å². The third-order valence-electron chi connectivity index (χ3n) is 4.28. The molecule has 2 aromatic heterocycles. The molecule has 3 rings (SSSR count). The second-order valence-corrected chi connectivity index (χ2v) is 6.25. The van der Waals surface area contributed by atoms with Gasteiger partial charge in [-0.25, -0.2) is 24.8 Å². The molecule has 0 aliphatic carbocycles. The number of hydrogen-bond acceptors (Lipinski definition) is 9. The van der Waals surface area contributed by atoms with Gasteiger partial charge in [-0.2, -0.15) is 4.98 Å². The molecule has 28 heavy (non-hydrogen) atoms. The minimum atomic E-state index is -0.417. The van der Waals surface area contributed by atoms with Crippen LogP contribution in [0.1, 0.15) is 19.4 Å². The average molecular weight is 383 g/mol. The maximum atomic E-state index is 11.7. The number of pyridine rings is 1. The van der Waals surface area contributed by atoms with Crippen LogP contribution in [-0.2, 0) is 9.53 Å². The van der Waals surface area contributed by atoms with Crippen molar-refractivity contribution < 1.29 is 9.53 Å². The van der Waals surface area contributed by atoms with Crippen LogP contribution in [-0.4, -0.2) is 58.7 Å². The molecule has 0 spiro atoms. The maximum Gasteiger partial charge on any atom is 0.331 e. The Morgan fingerprint density at radius 2 is 2.14 bits per heavy atom. The maximum absolute atomic E-state index is 11.7. The van der Waals surface area contributed by atoms with Gasteiger partial charge in [0.2, 0.25) is 5.95 Å². The molecular formula is C19H25N7O2. The summed E-state index contributed by atoms with van der Waals surface area (Å²) in [5, 5.41) is 7.34. The van der Waals surface area contributed by atoms with Crippen LogP contribution in [0, 0.1) is 0 Å². The van der Waals surface area contributed by atoms with Gasteiger partial charge in [-0.05, 0) is 31.6 Å². The van der Waals surface area contributed by atoms with Crippen molar-refractivity contribution in [3.63, 3.8) is 0 Å². The molecule has 3 N–H and O–H groups in total. The molecule has 1 saturated heterocycles. The SMILES string of the molecule is CCOC(=O)C=C(C)c1cnc(N(c2ccccn2)N2CCNCC2)nc1N. The fourth-order valence-electron chi connectivity index (χ4n) is 2.94. The van der Waals surface area contributed by atoms with Crippen LogP contribution >= 0.6 is 0 Å². The van der Waals surface area contributed by atoms with E-state index in [1.54, 1.807) is 26.2 Å². The standard InChI is InChI=1S/C19H25N7O2/c1-3-28-17(27)12-14(2)15-13-23-19(24-18(15)20)26(16-6-4-5-7-22-16)25-10-8-21-9-11-25/h4-7,12-13,21H,3,8-11H2,1-2H3,(H2,20,23,24). The summed E-state index contributed by atoms with van der Waals surface area (Å²) in [4.78, 5) is 25.1. The van der Waals surface area contributed by atoms with Gasteiger partial charge in [0.15, 0.2) is 0 Å². The van der Waals surface area contributed by atoms with Crippen LogP contribution in [0.25, 0.3) is 5.57 Å². The molecule has 0 bridgehead atoms. The van der Waals surface area contributed by atoms with E-state index in [1.807, 2.05) is 23.2 Å². The van der Waals surface area contributed by atoms with Crippen LogP contribution in [0.3, 0.4) is 0 Å². The van der Waals surface area contributed by atoms with Gasteiger partial charge in [0.25, 0.3) is 0 Å². The molecule has 1 fully saturated rings. The highest BCUT2D eigenvalue weighted by Gasteiger charge is 2.24. The molecule has 1 aliphatic rings. The van der Waals surface area contributed by atoms with Gasteiger partial charge in [-0.15, -0.1) is 0 Å². The molecule has 2 aromatic rings. The summed E-state index contributed by atoms with van der Waals surface area (Å²) in [6.07, 6.45) is 4.75. The lowest BCUT2D eigenvalue weighted by atomic mass is 10.1. The number of nitrogens with one attached hydrogen (secondary N) is 1. The third kappa shape index (κ3) is 4.62. The van der Waals surface area contributed by atoms with Gasteiger partial charge in [0.05, 0.1) is 6.61 Å². The number of nitrogen functional groups attached to an aromatic ring is 1. The summed E-state index contributed by atoms with van der Waals surface area (Å²) < 4.78 is 4.95. The molecule has 1 aliphatic heterocycles. The monoisotopic (exact) mass is 383 g/mol. The van der Waals surface area contributed by atoms with Crippen molar-refractivity contribution >= 4 is 29.1 Å². The molecular weight excluding hydrogens is 358 g/mol. The third-order valence-corrected chi connectivity index (χ3v) is 4.28. The zero-order valence-electron chi connectivity index (χ0n) is 16.1. The van der Waals surface area contributed by atoms with Crippen molar-refractivity contribution in [2.75, 3.05) is 43.5 Å². The van der Waals surface area contributed by atoms with E-state index in [0.717, 1.165) is 32.0 Å². The van der Waals surface area contributed by atoms with E-state index in [1.165, 1.54) is 6.08 Å². The smallest absolute Gasteiger partial charge is 0.331 e. The number of allylic oxidation sites excluding steroid dienone is 1. The first-order valence-corrected chi connectivity index (χ1v) is 9.25. The van der Waals surface area contributed by atoms with Crippen LogP contribution in [0.2, 0.25) is 0 Å². The quantitative estimate of drug-likeness (QED) is 0.564. The fourth-order valence-corrected chi connectivity index (χ4v) is 2.94. The predicted octanol–water partition coefficient (Wildman–Crippen LogP) is 1.38. The normalized spacial score (nSPS) is 15.3. The first-order valence-electron chi connectivity index (χ1n) is 9.25. The largest absolute Gasteiger partial charge is 0.463 e. The average Bonchev–Trinajstić information content (AvgIpc) is 2.70. The molecule has 0 amide bonds. The number of rotatable bonds is 6. The summed E-state index contributed by atoms with van der Waals surface area (Å²) in [5.74, 6) is 1.03. The van der Waals surface area contributed by atoms with Crippen molar-refractivity contribution in [3.05, 3.63) is 42.2 Å². The Morgan fingerprint density at radius 1 is 1.36 bits per heavy atom. The second kappa shape index (κ2) is 9.25. The number of aromatic nitrogens is 3. The first-order chi connectivity index (χ1) is 13.6. The van der Waals surface area contributed by atoms with Gasteiger partial charge in [-0.1, -0.05) is 6.07 Å². The highest BCUT2D eigenvalue weighted by atomic mass is 16.5. The van der Waals surface area contributed by atoms with E-state index in [4.69, 9.17) is 10.5 Å². The van der Waals surface area contributed by atoms with E-state index in [-0.39, 0.29) is 0 Å². The Bertz CT molecular complexity index is 835. The number of carbonyl (C=O) groups excluding carboxylic acids is 1.